The number of carbonyl (C=O) groups is 1. The van der Waals surface area contributed by atoms with Gasteiger partial charge < -0.3 is 10.2 Å². The summed E-state index contributed by atoms with van der Waals surface area (Å²) >= 11 is 0. The Kier molecular flexibility index (Phi) is 5.36. The lowest BCUT2D eigenvalue weighted by Crippen LogP contribution is -2.41. The van der Waals surface area contributed by atoms with E-state index in [1.165, 1.54) is 0 Å². The van der Waals surface area contributed by atoms with Gasteiger partial charge >= 0.3 is 0 Å². The molecule has 1 aliphatic heterocycles. The van der Waals surface area contributed by atoms with E-state index in [2.05, 4.69) is 20.0 Å². The number of aromatic nitrogens is 2. The van der Waals surface area contributed by atoms with Crippen molar-refractivity contribution in [2.24, 2.45) is 5.92 Å². The van der Waals surface area contributed by atoms with Crippen molar-refractivity contribution in [2.45, 2.75) is 12.8 Å². The Hall–Kier alpha value is -2.68. The van der Waals surface area contributed by atoms with Gasteiger partial charge in [-0.2, -0.15) is 0 Å². The van der Waals surface area contributed by atoms with Crippen molar-refractivity contribution in [3.05, 3.63) is 42.7 Å². The van der Waals surface area contributed by atoms with Crippen molar-refractivity contribution < 1.29 is 13.2 Å². The fourth-order valence-corrected chi connectivity index (χ4v) is 3.52. The molecule has 2 aromatic rings. The van der Waals surface area contributed by atoms with Gasteiger partial charge in [0.2, 0.25) is 21.9 Å². The van der Waals surface area contributed by atoms with Crippen LogP contribution in [0.1, 0.15) is 12.8 Å². The molecule has 1 aliphatic rings. The van der Waals surface area contributed by atoms with Gasteiger partial charge in [0, 0.05) is 25.5 Å². The molecule has 2 heterocycles. The minimum atomic E-state index is -3.43. The van der Waals surface area contributed by atoms with Gasteiger partial charge in [0.25, 0.3) is 0 Å². The molecule has 0 radical (unpaired) electrons. The number of carbonyl (C=O) groups excluding carboxylic acids is 1. The van der Waals surface area contributed by atoms with Crippen LogP contribution in [0, 0.1) is 5.92 Å². The summed E-state index contributed by atoms with van der Waals surface area (Å²) in [6.45, 7) is 1.33. The molecule has 1 aromatic carbocycles. The maximum absolute atomic E-state index is 12.7. The quantitative estimate of drug-likeness (QED) is 0.824. The number of hydrogen-bond donors (Lipinski definition) is 2. The number of hydrogen-bond acceptors (Lipinski definition) is 6. The highest BCUT2D eigenvalue weighted by molar-refractivity contribution is 7.92. The van der Waals surface area contributed by atoms with Crippen LogP contribution in [0.3, 0.4) is 0 Å². The first-order chi connectivity index (χ1) is 12.4. The van der Waals surface area contributed by atoms with Crippen molar-refractivity contribution in [2.75, 3.05) is 34.3 Å². The van der Waals surface area contributed by atoms with Gasteiger partial charge in [0.1, 0.15) is 0 Å². The smallest absolute Gasteiger partial charge is 0.229 e. The molecule has 0 bridgehead atoms. The molecule has 3 rings (SSSR count). The molecule has 138 valence electrons. The molecule has 2 N–H and O–H groups in total. The second kappa shape index (κ2) is 7.69. The molecular formula is C17H21N5O3S. The molecule has 26 heavy (non-hydrogen) atoms. The Bertz CT molecular complexity index is 873. The van der Waals surface area contributed by atoms with Crippen molar-refractivity contribution in [1.82, 2.24) is 9.97 Å². The van der Waals surface area contributed by atoms with E-state index in [1.54, 1.807) is 42.7 Å². The average Bonchev–Trinajstić information content (AvgIpc) is 2.63. The highest BCUT2D eigenvalue weighted by Crippen LogP contribution is 2.25. The van der Waals surface area contributed by atoms with E-state index in [1.807, 2.05) is 4.90 Å². The van der Waals surface area contributed by atoms with Crippen molar-refractivity contribution in [3.63, 3.8) is 0 Å². The van der Waals surface area contributed by atoms with E-state index in [9.17, 15) is 13.2 Å². The number of anilines is 3. The maximum Gasteiger partial charge on any atom is 0.229 e. The predicted molar refractivity (Wildman–Crippen MR) is 101 cm³/mol. The van der Waals surface area contributed by atoms with Crippen LogP contribution in [-0.4, -0.2) is 43.6 Å². The van der Waals surface area contributed by atoms with E-state index < -0.39 is 10.0 Å². The Morgan fingerprint density at radius 3 is 2.54 bits per heavy atom. The van der Waals surface area contributed by atoms with Gasteiger partial charge in [-0.1, -0.05) is 12.1 Å². The van der Waals surface area contributed by atoms with E-state index in [-0.39, 0.29) is 11.8 Å². The Labute approximate surface area is 152 Å². The second-order valence-corrected chi connectivity index (χ2v) is 7.99. The maximum atomic E-state index is 12.7. The standard InChI is InChI=1S/C17H21N5O3S/c1-26(24,25)21-15-8-3-2-7-14(15)20-16(23)13-6-4-11-22(12-13)17-18-9-5-10-19-17/h2-3,5,7-10,13,21H,4,6,11-12H2,1H3,(H,20,23)/t13-/m1/s1. The molecule has 8 nitrogen and oxygen atoms in total. The van der Waals surface area contributed by atoms with Gasteiger partial charge in [0.15, 0.2) is 0 Å². The van der Waals surface area contributed by atoms with Crippen LogP contribution in [0.25, 0.3) is 0 Å². The van der Waals surface area contributed by atoms with Crippen LogP contribution in [-0.2, 0) is 14.8 Å². The summed E-state index contributed by atoms with van der Waals surface area (Å²) < 4.78 is 25.4. The molecule has 0 aliphatic carbocycles. The number of amides is 1. The first-order valence-electron chi connectivity index (χ1n) is 8.32. The summed E-state index contributed by atoms with van der Waals surface area (Å²) in [7, 11) is -3.43. The molecule has 9 heteroatoms. The van der Waals surface area contributed by atoms with Crippen molar-refractivity contribution in [3.8, 4) is 0 Å². The number of piperidine rings is 1. The molecule has 0 unspecified atom stereocenters. The number of benzene rings is 1. The molecule has 1 atom stereocenters. The Morgan fingerprint density at radius 2 is 1.85 bits per heavy atom. The molecular weight excluding hydrogens is 354 g/mol. The monoisotopic (exact) mass is 375 g/mol. The van der Waals surface area contributed by atoms with Crippen molar-refractivity contribution in [1.29, 1.82) is 0 Å². The van der Waals surface area contributed by atoms with Gasteiger partial charge in [-0.25, -0.2) is 18.4 Å². The van der Waals surface area contributed by atoms with Gasteiger partial charge in [0.05, 0.1) is 23.5 Å². The first kappa shape index (κ1) is 18.1. The largest absolute Gasteiger partial charge is 0.340 e. The number of nitrogens with zero attached hydrogens (tertiary/aromatic N) is 3. The lowest BCUT2D eigenvalue weighted by molar-refractivity contribution is -0.120. The summed E-state index contributed by atoms with van der Waals surface area (Å²) in [5.74, 6) is 0.247. The topological polar surface area (TPSA) is 104 Å². The van der Waals surface area contributed by atoms with Crippen LogP contribution in [0.4, 0.5) is 17.3 Å². The minimum Gasteiger partial charge on any atom is -0.340 e. The Balaban J connectivity index is 1.70. The highest BCUT2D eigenvalue weighted by Gasteiger charge is 2.27. The van der Waals surface area contributed by atoms with Crippen molar-refractivity contribution >= 4 is 33.3 Å². The SMILES string of the molecule is CS(=O)(=O)Nc1ccccc1NC(=O)[C@@H]1CCCN(c2ncccn2)C1. The van der Waals surface area contributed by atoms with Crippen LogP contribution in [0.15, 0.2) is 42.7 Å². The number of para-hydroxylation sites is 2. The fourth-order valence-electron chi connectivity index (χ4n) is 2.94. The number of sulfonamides is 1. The Morgan fingerprint density at radius 1 is 1.15 bits per heavy atom. The lowest BCUT2D eigenvalue weighted by atomic mass is 9.97. The molecule has 0 spiro atoms. The summed E-state index contributed by atoms with van der Waals surface area (Å²) in [4.78, 5) is 23.2. The van der Waals surface area contributed by atoms with Crippen LogP contribution in [0.5, 0.6) is 0 Å². The van der Waals surface area contributed by atoms with Gasteiger partial charge in [-0.05, 0) is 31.0 Å². The molecule has 1 saturated heterocycles. The summed E-state index contributed by atoms with van der Waals surface area (Å²) in [5, 5.41) is 2.84. The third-order valence-electron chi connectivity index (χ3n) is 4.11. The molecule has 1 amide bonds. The van der Waals surface area contributed by atoms with Crippen LogP contribution < -0.4 is 14.9 Å². The number of nitrogens with one attached hydrogen (secondary N) is 2. The number of rotatable bonds is 5. The molecule has 1 fully saturated rings. The lowest BCUT2D eigenvalue weighted by Gasteiger charge is -2.32. The zero-order valence-corrected chi connectivity index (χ0v) is 15.2. The minimum absolute atomic E-state index is 0.145. The second-order valence-electron chi connectivity index (χ2n) is 6.24. The van der Waals surface area contributed by atoms with Gasteiger partial charge in [-0.15, -0.1) is 0 Å². The average molecular weight is 375 g/mol. The summed E-state index contributed by atoms with van der Waals surface area (Å²) in [5.41, 5.74) is 0.790. The zero-order chi connectivity index (χ0) is 18.6. The van der Waals surface area contributed by atoms with E-state index >= 15 is 0 Å². The van der Waals surface area contributed by atoms with E-state index in [4.69, 9.17) is 0 Å². The first-order valence-corrected chi connectivity index (χ1v) is 10.2. The fraction of sp³-hybridized carbons (Fsp3) is 0.353. The summed E-state index contributed by atoms with van der Waals surface area (Å²) in [6, 6.07) is 8.49. The third-order valence-corrected chi connectivity index (χ3v) is 4.70. The van der Waals surface area contributed by atoms with E-state index in [0.29, 0.717) is 23.9 Å². The zero-order valence-electron chi connectivity index (χ0n) is 14.4. The van der Waals surface area contributed by atoms with Crippen LogP contribution >= 0.6 is 0 Å². The van der Waals surface area contributed by atoms with Gasteiger partial charge in [-0.3, -0.25) is 9.52 Å². The molecule has 0 saturated carbocycles. The third kappa shape index (κ3) is 4.69. The molecule has 1 aromatic heterocycles. The van der Waals surface area contributed by atoms with Crippen LogP contribution in [0.2, 0.25) is 0 Å². The van der Waals surface area contributed by atoms with E-state index in [0.717, 1.165) is 25.6 Å². The summed E-state index contributed by atoms with van der Waals surface area (Å²) in [6.07, 6.45) is 6.05. The predicted octanol–water partition coefficient (Wildman–Crippen LogP) is 1.70. The highest BCUT2D eigenvalue weighted by atomic mass is 32.2. The normalized spacial score (nSPS) is 17.6.